The van der Waals surface area contributed by atoms with Crippen LogP contribution in [0.4, 0.5) is 5.82 Å². The van der Waals surface area contributed by atoms with E-state index in [0.29, 0.717) is 0 Å². The average Bonchev–Trinajstić information content (AvgIpc) is 2.09. The number of aromatic nitrogens is 2. The number of amides is 1. The largest absolute Gasteiger partial charge is 0.387 e. The van der Waals surface area contributed by atoms with Crippen molar-refractivity contribution in [2.75, 3.05) is 11.9 Å². The van der Waals surface area contributed by atoms with Gasteiger partial charge in [-0.2, -0.15) is 0 Å². The van der Waals surface area contributed by atoms with Crippen molar-refractivity contribution in [3.63, 3.8) is 0 Å². The summed E-state index contributed by atoms with van der Waals surface area (Å²) in [5.41, 5.74) is 0. The van der Waals surface area contributed by atoms with Crippen LogP contribution in [0.3, 0.4) is 0 Å². The molecule has 0 aliphatic heterocycles. The number of anilines is 1. The van der Waals surface area contributed by atoms with E-state index in [-0.39, 0.29) is 11.0 Å². The molecule has 0 saturated heterocycles. The van der Waals surface area contributed by atoms with Gasteiger partial charge in [0.2, 0.25) is 0 Å². The molecule has 1 aromatic rings. The molecule has 1 aromatic heterocycles. The Kier molecular flexibility index (Phi) is 2.95. The van der Waals surface area contributed by atoms with Gasteiger partial charge in [-0.1, -0.05) is 11.6 Å². The quantitative estimate of drug-likeness (QED) is 0.687. The highest BCUT2D eigenvalue weighted by Gasteiger charge is 2.00. The fourth-order valence-corrected chi connectivity index (χ4v) is 0.666. The number of aliphatic hydroxyl groups is 1. The van der Waals surface area contributed by atoms with E-state index >= 15 is 0 Å². The molecule has 6 heteroatoms. The highest BCUT2D eigenvalue weighted by molar-refractivity contribution is 6.29. The third-order valence-electron chi connectivity index (χ3n) is 1.04. The van der Waals surface area contributed by atoms with Gasteiger partial charge in [0, 0.05) is 0 Å². The number of carbonyl (C=O) groups is 1. The van der Waals surface area contributed by atoms with Crippen molar-refractivity contribution in [1.82, 2.24) is 10.2 Å². The van der Waals surface area contributed by atoms with Crippen molar-refractivity contribution >= 4 is 23.3 Å². The maximum Gasteiger partial charge on any atom is 0.251 e. The van der Waals surface area contributed by atoms with Crippen molar-refractivity contribution in [3.05, 3.63) is 17.3 Å². The lowest BCUT2D eigenvalue weighted by atomic mass is 10.5. The van der Waals surface area contributed by atoms with E-state index in [0.717, 1.165) is 0 Å². The molecule has 0 aliphatic rings. The topological polar surface area (TPSA) is 75.1 Å². The molecule has 1 heterocycles. The Labute approximate surface area is 73.4 Å². The van der Waals surface area contributed by atoms with Crippen LogP contribution in [0.25, 0.3) is 0 Å². The number of nitrogens with one attached hydrogen (secondary N) is 1. The number of hydrogen-bond donors (Lipinski definition) is 2. The molecule has 0 spiro atoms. The summed E-state index contributed by atoms with van der Waals surface area (Å²) in [6.45, 7) is -0.579. The van der Waals surface area contributed by atoms with Crippen LogP contribution in [0.1, 0.15) is 0 Å². The normalized spacial score (nSPS) is 9.50. The maximum absolute atomic E-state index is 10.6. The molecule has 12 heavy (non-hydrogen) atoms. The molecule has 0 fully saturated rings. The van der Waals surface area contributed by atoms with Gasteiger partial charge in [0.25, 0.3) is 5.91 Å². The van der Waals surface area contributed by atoms with Gasteiger partial charge in [-0.25, -0.2) is 0 Å². The van der Waals surface area contributed by atoms with Gasteiger partial charge in [-0.15, -0.1) is 10.2 Å². The second kappa shape index (κ2) is 3.99. The molecular formula is C6H6ClN3O2. The minimum atomic E-state index is -0.579. The van der Waals surface area contributed by atoms with E-state index in [1.54, 1.807) is 0 Å². The molecule has 0 radical (unpaired) electrons. The van der Waals surface area contributed by atoms with Crippen LogP contribution in [-0.2, 0) is 4.79 Å². The molecule has 1 rings (SSSR count). The van der Waals surface area contributed by atoms with E-state index in [4.69, 9.17) is 16.7 Å². The molecular weight excluding hydrogens is 182 g/mol. The number of carbonyl (C=O) groups excluding carboxylic acids is 1. The Hall–Kier alpha value is -1.20. The van der Waals surface area contributed by atoms with Crippen LogP contribution in [0.5, 0.6) is 0 Å². The fourth-order valence-electron chi connectivity index (χ4n) is 0.565. The minimum Gasteiger partial charge on any atom is -0.387 e. The number of hydrogen-bond acceptors (Lipinski definition) is 4. The summed E-state index contributed by atoms with van der Waals surface area (Å²) < 4.78 is 0. The summed E-state index contributed by atoms with van der Waals surface area (Å²) in [5.74, 6) is -0.273. The van der Waals surface area contributed by atoms with Crippen molar-refractivity contribution in [2.45, 2.75) is 0 Å². The Bertz CT molecular complexity index is 275. The van der Waals surface area contributed by atoms with Gasteiger partial charge in [0.05, 0.1) is 0 Å². The van der Waals surface area contributed by atoms with Crippen molar-refractivity contribution in [2.24, 2.45) is 0 Å². The third-order valence-corrected chi connectivity index (χ3v) is 1.24. The number of halogens is 1. The Morgan fingerprint density at radius 3 is 2.83 bits per heavy atom. The molecule has 0 aromatic carbocycles. The third kappa shape index (κ3) is 2.44. The fraction of sp³-hybridized carbons (Fsp3) is 0.167. The Morgan fingerprint density at radius 1 is 1.58 bits per heavy atom. The Morgan fingerprint density at radius 2 is 2.33 bits per heavy atom. The molecule has 5 nitrogen and oxygen atoms in total. The van der Waals surface area contributed by atoms with Crippen molar-refractivity contribution in [1.29, 1.82) is 0 Å². The van der Waals surface area contributed by atoms with Crippen molar-refractivity contribution < 1.29 is 9.90 Å². The number of nitrogens with zero attached hydrogens (tertiary/aromatic N) is 2. The zero-order valence-electron chi connectivity index (χ0n) is 5.99. The summed E-state index contributed by atoms with van der Waals surface area (Å²) in [6, 6.07) is 2.98. The van der Waals surface area contributed by atoms with Gasteiger partial charge in [0.15, 0.2) is 11.0 Å². The molecule has 0 bridgehead atoms. The lowest BCUT2D eigenvalue weighted by Gasteiger charge is -1.99. The van der Waals surface area contributed by atoms with E-state index in [1.807, 2.05) is 0 Å². The summed E-state index contributed by atoms with van der Waals surface area (Å²) >= 11 is 5.45. The minimum absolute atomic E-state index is 0.247. The zero-order valence-corrected chi connectivity index (χ0v) is 6.75. The first-order valence-electron chi connectivity index (χ1n) is 3.12. The summed E-state index contributed by atoms with van der Waals surface area (Å²) in [4.78, 5) is 10.6. The van der Waals surface area contributed by atoms with Gasteiger partial charge >= 0.3 is 0 Å². The highest BCUT2D eigenvalue weighted by Crippen LogP contribution is 2.05. The van der Waals surface area contributed by atoms with Gasteiger partial charge < -0.3 is 10.4 Å². The van der Waals surface area contributed by atoms with Gasteiger partial charge in [0.1, 0.15) is 6.61 Å². The first-order valence-corrected chi connectivity index (χ1v) is 3.50. The Balaban J connectivity index is 2.64. The zero-order chi connectivity index (χ0) is 8.97. The van der Waals surface area contributed by atoms with Crippen LogP contribution >= 0.6 is 11.6 Å². The van der Waals surface area contributed by atoms with E-state index in [9.17, 15) is 4.79 Å². The molecule has 64 valence electrons. The van der Waals surface area contributed by atoms with Crippen LogP contribution in [0, 0.1) is 0 Å². The molecule has 0 aliphatic carbocycles. The van der Waals surface area contributed by atoms with Crippen LogP contribution in [-0.4, -0.2) is 27.8 Å². The molecule has 0 atom stereocenters. The summed E-state index contributed by atoms with van der Waals surface area (Å²) in [6.07, 6.45) is 0. The number of aliphatic hydroxyl groups excluding tert-OH is 1. The van der Waals surface area contributed by atoms with E-state index in [2.05, 4.69) is 15.5 Å². The first kappa shape index (κ1) is 8.89. The summed E-state index contributed by atoms with van der Waals surface area (Å²) in [5, 5.41) is 17.9. The predicted molar refractivity (Wildman–Crippen MR) is 42.8 cm³/mol. The number of rotatable bonds is 2. The van der Waals surface area contributed by atoms with E-state index in [1.165, 1.54) is 12.1 Å². The maximum atomic E-state index is 10.6. The van der Waals surface area contributed by atoms with Crippen molar-refractivity contribution in [3.8, 4) is 0 Å². The molecule has 0 unspecified atom stereocenters. The molecule has 0 saturated carbocycles. The summed E-state index contributed by atoms with van der Waals surface area (Å²) in [7, 11) is 0. The van der Waals surface area contributed by atoms with Crippen LogP contribution in [0.15, 0.2) is 12.1 Å². The van der Waals surface area contributed by atoms with Crippen LogP contribution < -0.4 is 5.32 Å². The lowest BCUT2D eigenvalue weighted by molar-refractivity contribution is -0.118. The second-order valence-electron chi connectivity index (χ2n) is 1.95. The predicted octanol–water partition coefficient (Wildman–Crippen LogP) is 0.0608. The highest BCUT2D eigenvalue weighted by atomic mass is 35.5. The first-order chi connectivity index (χ1) is 5.72. The SMILES string of the molecule is O=C(CO)Nc1ccc(Cl)nn1. The van der Waals surface area contributed by atoms with Crippen LogP contribution in [0.2, 0.25) is 5.15 Å². The second-order valence-corrected chi connectivity index (χ2v) is 2.33. The smallest absolute Gasteiger partial charge is 0.251 e. The molecule has 1 amide bonds. The standard InChI is InChI=1S/C6H6ClN3O2/c7-4-1-2-5(10-9-4)8-6(12)3-11/h1-2,11H,3H2,(H,8,10,12). The van der Waals surface area contributed by atoms with Gasteiger partial charge in [-0.3, -0.25) is 4.79 Å². The molecule has 2 N–H and O–H groups in total. The van der Waals surface area contributed by atoms with Gasteiger partial charge in [-0.05, 0) is 12.1 Å². The van der Waals surface area contributed by atoms with E-state index < -0.39 is 12.5 Å². The lowest BCUT2D eigenvalue weighted by Crippen LogP contribution is -2.16. The average molecular weight is 188 g/mol. The monoisotopic (exact) mass is 187 g/mol.